The second-order valence-corrected chi connectivity index (χ2v) is 24.5. The van der Waals surface area contributed by atoms with E-state index in [1.54, 1.807) is 0 Å². The Balaban J connectivity index is 4.29. The van der Waals surface area contributed by atoms with Crippen molar-refractivity contribution in [2.24, 2.45) is 0 Å². The summed E-state index contributed by atoms with van der Waals surface area (Å²) >= 11 is 0. The predicted octanol–water partition coefficient (Wildman–Crippen LogP) is 25.2. The maximum Gasteiger partial charge on any atom is 0.306 e. The zero-order valence-corrected chi connectivity index (χ0v) is 55.5. The molecule has 0 fully saturated rings. The van der Waals surface area contributed by atoms with E-state index in [4.69, 9.17) is 14.2 Å². The van der Waals surface area contributed by atoms with E-state index in [1.807, 2.05) is 0 Å². The van der Waals surface area contributed by atoms with E-state index in [0.717, 1.165) is 77.0 Å². The molecule has 0 rings (SSSR count). The van der Waals surface area contributed by atoms with Crippen LogP contribution >= 0.6 is 0 Å². The van der Waals surface area contributed by atoms with Crippen LogP contribution in [0.2, 0.25) is 0 Å². The summed E-state index contributed by atoms with van der Waals surface area (Å²) in [5.41, 5.74) is 0. The van der Waals surface area contributed by atoms with Crippen molar-refractivity contribution in [3.05, 3.63) is 72.9 Å². The number of hydrogen-bond donors (Lipinski definition) is 0. The first-order valence-corrected chi connectivity index (χ1v) is 36.4. The Morgan fingerprint density at radius 1 is 0.253 bits per heavy atom. The summed E-state index contributed by atoms with van der Waals surface area (Å²) in [6.07, 6.45) is 93.8. The standard InChI is InChI=1S/C77H138O6/c1-4-7-10-13-16-19-22-25-28-31-33-34-35-36-37-38-39-40-41-42-44-46-49-52-55-58-61-64-67-70-76(79)82-73-74(72-81-75(78)69-66-63-60-57-54-51-48-45-30-27-24-21-18-15-12-9-6-3)83-77(80)71-68-65-62-59-56-53-50-47-43-32-29-26-23-20-17-14-11-8-5-2/h9,12,18,21,26-27,29-30,48,51,57,60,74H,4-8,10-11,13-17,19-20,22-25,28,31-47,49-50,52-56,58-59,61-73H2,1-3H3/b12-9-,21-18-,29-26-,30-27-,51-48-,60-57-. The molecule has 0 aliphatic rings. The molecule has 6 heteroatoms. The molecular formula is C77H138O6. The van der Waals surface area contributed by atoms with Gasteiger partial charge in [0.05, 0.1) is 0 Å². The molecule has 0 radical (unpaired) electrons. The molecule has 0 aromatic carbocycles. The molecule has 0 saturated carbocycles. The maximum absolute atomic E-state index is 13.0. The van der Waals surface area contributed by atoms with Gasteiger partial charge in [-0.1, -0.05) is 351 Å². The number of carbonyl (C=O) groups excluding carboxylic acids is 3. The number of hydrogen-bond acceptors (Lipinski definition) is 6. The summed E-state index contributed by atoms with van der Waals surface area (Å²) in [4.78, 5) is 38.4. The number of esters is 3. The van der Waals surface area contributed by atoms with E-state index in [9.17, 15) is 14.4 Å². The molecule has 0 N–H and O–H groups in total. The summed E-state index contributed by atoms with van der Waals surface area (Å²) in [5.74, 6) is -0.932. The van der Waals surface area contributed by atoms with Gasteiger partial charge in [-0.3, -0.25) is 14.4 Å². The quantitative estimate of drug-likeness (QED) is 0.0261. The van der Waals surface area contributed by atoms with Crippen molar-refractivity contribution in [1.29, 1.82) is 0 Å². The molecule has 0 bridgehead atoms. The average Bonchev–Trinajstić information content (AvgIpc) is 3.50. The highest BCUT2D eigenvalue weighted by Gasteiger charge is 2.19. The predicted molar refractivity (Wildman–Crippen MR) is 362 cm³/mol. The third kappa shape index (κ3) is 69.5. The van der Waals surface area contributed by atoms with Gasteiger partial charge in [0, 0.05) is 19.3 Å². The summed E-state index contributed by atoms with van der Waals surface area (Å²) < 4.78 is 17.0. The third-order valence-electron chi connectivity index (χ3n) is 16.2. The molecule has 0 amide bonds. The minimum atomic E-state index is -0.800. The number of unbranched alkanes of at least 4 members (excludes halogenated alkanes) is 44. The molecule has 6 nitrogen and oxygen atoms in total. The van der Waals surface area contributed by atoms with E-state index in [-0.39, 0.29) is 37.5 Å². The Morgan fingerprint density at radius 2 is 0.482 bits per heavy atom. The normalized spacial score (nSPS) is 12.5. The van der Waals surface area contributed by atoms with Gasteiger partial charge < -0.3 is 14.2 Å². The smallest absolute Gasteiger partial charge is 0.306 e. The summed E-state index contributed by atoms with van der Waals surface area (Å²) in [6, 6.07) is 0. The molecule has 0 aliphatic carbocycles. The summed E-state index contributed by atoms with van der Waals surface area (Å²) in [7, 11) is 0. The molecule has 0 aliphatic heterocycles. The van der Waals surface area contributed by atoms with Crippen LogP contribution in [-0.2, 0) is 28.6 Å². The molecule has 0 heterocycles. The van der Waals surface area contributed by atoms with Gasteiger partial charge in [0.25, 0.3) is 0 Å². The second kappa shape index (κ2) is 71.3. The second-order valence-electron chi connectivity index (χ2n) is 24.5. The van der Waals surface area contributed by atoms with E-state index in [1.165, 1.54) is 257 Å². The van der Waals surface area contributed by atoms with Crippen LogP contribution in [0.1, 0.15) is 380 Å². The van der Waals surface area contributed by atoms with Crippen molar-refractivity contribution in [1.82, 2.24) is 0 Å². The average molecular weight is 1160 g/mol. The summed E-state index contributed by atoms with van der Waals surface area (Å²) in [6.45, 7) is 6.54. The Morgan fingerprint density at radius 3 is 0.795 bits per heavy atom. The summed E-state index contributed by atoms with van der Waals surface area (Å²) in [5, 5.41) is 0. The van der Waals surface area contributed by atoms with Gasteiger partial charge >= 0.3 is 17.9 Å². The van der Waals surface area contributed by atoms with Crippen LogP contribution in [0.4, 0.5) is 0 Å². The van der Waals surface area contributed by atoms with Gasteiger partial charge in [0.1, 0.15) is 13.2 Å². The van der Waals surface area contributed by atoms with Crippen LogP contribution in [0.3, 0.4) is 0 Å². The van der Waals surface area contributed by atoms with Crippen molar-refractivity contribution < 1.29 is 28.6 Å². The minimum Gasteiger partial charge on any atom is -0.462 e. The highest BCUT2D eigenvalue weighted by Crippen LogP contribution is 2.18. The molecule has 0 spiro atoms. The zero-order valence-electron chi connectivity index (χ0n) is 55.5. The van der Waals surface area contributed by atoms with Crippen molar-refractivity contribution in [3.8, 4) is 0 Å². The monoisotopic (exact) mass is 1160 g/mol. The van der Waals surface area contributed by atoms with E-state index in [0.29, 0.717) is 19.3 Å². The third-order valence-corrected chi connectivity index (χ3v) is 16.2. The van der Waals surface area contributed by atoms with Gasteiger partial charge in [-0.15, -0.1) is 0 Å². The fourth-order valence-electron chi connectivity index (χ4n) is 10.8. The van der Waals surface area contributed by atoms with Crippen molar-refractivity contribution >= 4 is 17.9 Å². The van der Waals surface area contributed by atoms with Crippen LogP contribution in [0.15, 0.2) is 72.9 Å². The Labute approximate surface area is 516 Å². The van der Waals surface area contributed by atoms with Gasteiger partial charge in [0.15, 0.2) is 6.10 Å². The molecule has 83 heavy (non-hydrogen) atoms. The fourth-order valence-corrected chi connectivity index (χ4v) is 10.8. The largest absolute Gasteiger partial charge is 0.462 e. The van der Waals surface area contributed by atoms with Crippen molar-refractivity contribution in [2.45, 2.75) is 386 Å². The minimum absolute atomic E-state index is 0.0903. The maximum atomic E-state index is 13.0. The van der Waals surface area contributed by atoms with E-state index < -0.39 is 6.10 Å². The van der Waals surface area contributed by atoms with Crippen LogP contribution < -0.4 is 0 Å². The van der Waals surface area contributed by atoms with Crippen molar-refractivity contribution in [2.75, 3.05) is 13.2 Å². The van der Waals surface area contributed by atoms with E-state index in [2.05, 4.69) is 93.7 Å². The van der Waals surface area contributed by atoms with Gasteiger partial charge in [-0.25, -0.2) is 0 Å². The first kappa shape index (κ1) is 79.8. The lowest BCUT2D eigenvalue weighted by Crippen LogP contribution is -2.30. The van der Waals surface area contributed by atoms with Gasteiger partial charge in [-0.05, 0) is 83.5 Å². The topological polar surface area (TPSA) is 78.9 Å². The molecule has 0 aromatic rings. The Kier molecular flexibility index (Phi) is 68.6. The lowest BCUT2D eigenvalue weighted by molar-refractivity contribution is -0.167. The SMILES string of the molecule is CC/C=C\C/C=C\C/C=C\C/C=C\C/C=C\CCCC(=O)OCC(COC(=O)CCCCCCCCCCCCCCCCCCCCCCCCCCCCCCC)OC(=O)CCCCCCCCCCC/C=C\CCCCCCCC. The highest BCUT2D eigenvalue weighted by atomic mass is 16.6. The first-order chi connectivity index (χ1) is 41.0. The number of rotatable bonds is 67. The van der Waals surface area contributed by atoms with Gasteiger partial charge in [0.2, 0.25) is 0 Å². The molecule has 1 unspecified atom stereocenters. The molecule has 0 aromatic heterocycles. The number of allylic oxidation sites excluding steroid dienone is 12. The Hall–Kier alpha value is -3.15. The van der Waals surface area contributed by atoms with Crippen molar-refractivity contribution in [3.63, 3.8) is 0 Å². The van der Waals surface area contributed by atoms with Crippen LogP contribution in [0, 0.1) is 0 Å². The highest BCUT2D eigenvalue weighted by molar-refractivity contribution is 5.71. The number of ether oxygens (including phenoxy) is 3. The molecule has 0 saturated heterocycles. The van der Waals surface area contributed by atoms with Crippen LogP contribution in [-0.4, -0.2) is 37.2 Å². The molecule has 482 valence electrons. The van der Waals surface area contributed by atoms with Gasteiger partial charge in [-0.2, -0.15) is 0 Å². The fraction of sp³-hybridized carbons (Fsp3) is 0.805. The Bertz CT molecular complexity index is 1520. The van der Waals surface area contributed by atoms with Crippen LogP contribution in [0.5, 0.6) is 0 Å². The molecule has 1 atom stereocenters. The lowest BCUT2D eigenvalue weighted by atomic mass is 10.0. The van der Waals surface area contributed by atoms with E-state index >= 15 is 0 Å². The molecular weight excluding hydrogens is 1020 g/mol. The van der Waals surface area contributed by atoms with Crippen LogP contribution in [0.25, 0.3) is 0 Å². The zero-order chi connectivity index (χ0) is 59.9. The number of carbonyl (C=O) groups is 3. The lowest BCUT2D eigenvalue weighted by Gasteiger charge is -2.18. The first-order valence-electron chi connectivity index (χ1n) is 36.4.